The van der Waals surface area contributed by atoms with Gasteiger partial charge in [-0.05, 0) is 12.1 Å². The lowest BCUT2D eigenvalue weighted by atomic mass is 10.2. The zero-order chi connectivity index (χ0) is 14.8. The number of rotatable bonds is 3. The maximum absolute atomic E-state index is 12.4. The summed E-state index contributed by atoms with van der Waals surface area (Å²) in [6.07, 6.45) is 1.47. The van der Waals surface area contributed by atoms with Crippen molar-refractivity contribution in [3.63, 3.8) is 0 Å². The summed E-state index contributed by atoms with van der Waals surface area (Å²) in [5, 5.41) is 12.8. The molecule has 1 N–H and O–H groups in total. The Morgan fingerprint density at radius 2 is 2.24 bits per heavy atom. The Balaban J connectivity index is 1.83. The van der Waals surface area contributed by atoms with Crippen LogP contribution in [0.5, 0.6) is 0 Å². The second-order valence-corrected chi connectivity index (χ2v) is 4.48. The van der Waals surface area contributed by atoms with Crippen LogP contribution in [0.15, 0.2) is 33.4 Å². The van der Waals surface area contributed by atoms with Gasteiger partial charge in [0.05, 0.1) is 19.5 Å². The smallest absolute Gasteiger partial charge is 0.328 e. The molecule has 3 rings (SSSR count). The van der Waals surface area contributed by atoms with Crippen molar-refractivity contribution in [1.82, 2.24) is 10.1 Å². The van der Waals surface area contributed by atoms with Crippen molar-refractivity contribution in [3.8, 4) is 11.5 Å². The van der Waals surface area contributed by atoms with Crippen molar-refractivity contribution in [1.29, 1.82) is 0 Å². The minimum Gasteiger partial charge on any atom is -0.480 e. The number of carbonyl (C=O) groups excluding carboxylic acids is 1. The van der Waals surface area contributed by atoms with Gasteiger partial charge >= 0.3 is 5.97 Å². The second-order valence-electron chi connectivity index (χ2n) is 4.48. The van der Waals surface area contributed by atoms with E-state index in [4.69, 9.17) is 18.8 Å². The van der Waals surface area contributed by atoms with Gasteiger partial charge in [-0.3, -0.25) is 4.79 Å². The first-order chi connectivity index (χ1) is 10.2. The number of furan rings is 1. The van der Waals surface area contributed by atoms with Crippen LogP contribution in [0.1, 0.15) is 10.5 Å². The van der Waals surface area contributed by atoms with E-state index in [2.05, 4.69) is 5.16 Å². The highest BCUT2D eigenvalue weighted by atomic mass is 16.5. The Morgan fingerprint density at radius 3 is 2.95 bits per heavy atom. The van der Waals surface area contributed by atoms with Gasteiger partial charge in [-0.25, -0.2) is 4.79 Å². The molecule has 110 valence electrons. The molecule has 21 heavy (non-hydrogen) atoms. The van der Waals surface area contributed by atoms with Crippen LogP contribution in [-0.2, 0) is 9.53 Å². The zero-order valence-electron chi connectivity index (χ0n) is 10.9. The molecule has 8 nitrogen and oxygen atoms in total. The number of morpholine rings is 1. The van der Waals surface area contributed by atoms with Crippen molar-refractivity contribution in [2.75, 3.05) is 19.8 Å². The molecule has 1 amide bonds. The number of ether oxygens (including phenoxy) is 1. The summed E-state index contributed by atoms with van der Waals surface area (Å²) >= 11 is 0. The van der Waals surface area contributed by atoms with Crippen LogP contribution in [0.4, 0.5) is 0 Å². The predicted octanol–water partition coefficient (Wildman–Crippen LogP) is 0.860. The Morgan fingerprint density at radius 1 is 1.38 bits per heavy atom. The number of carboxylic acid groups (broad SMARTS) is 1. The summed E-state index contributed by atoms with van der Waals surface area (Å²) < 4.78 is 15.3. The van der Waals surface area contributed by atoms with Gasteiger partial charge in [0.15, 0.2) is 17.5 Å². The number of hydrogen-bond donors (Lipinski definition) is 1. The first kappa shape index (κ1) is 13.4. The van der Waals surface area contributed by atoms with Gasteiger partial charge in [0.2, 0.25) is 5.76 Å². The van der Waals surface area contributed by atoms with E-state index in [-0.39, 0.29) is 18.8 Å². The summed E-state index contributed by atoms with van der Waals surface area (Å²) in [6.45, 7) is 0.446. The molecule has 0 aliphatic carbocycles. The fourth-order valence-electron chi connectivity index (χ4n) is 2.11. The Kier molecular flexibility index (Phi) is 3.44. The van der Waals surface area contributed by atoms with Gasteiger partial charge in [0.25, 0.3) is 5.91 Å². The molecular formula is C13H12N2O6. The summed E-state index contributed by atoms with van der Waals surface area (Å²) in [6, 6.07) is 3.76. The molecule has 1 atom stereocenters. The monoisotopic (exact) mass is 292 g/mol. The summed E-state index contributed by atoms with van der Waals surface area (Å²) in [7, 11) is 0. The van der Waals surface area contributed by atoms with Gasteiger partial charge in [0, 0.05) is 12.6 Å². The summed E-state index contributed by atoms with van der Waals surface area (Å²) in [4.78, 5) is 24.7. The zero-order valence-corrected chi connectivity index (χ0v) is 10.9. The highest BCUT2D eigenvalue weighted by Gasteiger charge is 2.34. The van der Waals surface area contributed by atoms with Crippen LogP contribution in [-0.4, -0.2) is 52.8 Å². The molecule has 0 spiro atoms. The van der Waals surface area contributed by atoms with E-state index in [0.717, 1.165) is 0 Å². The number of carbonyl (C=O) groups is 2. The molecule has 1 fully saturated rings. The summed E-state index contributed by atoms with van der Waals surface area (Å²) in [5.74, 6) is -0.869. The normalized spacial score (nSPS) is 18.7. The van der Waals surface area contributed by atoms with Crippen molar-refractivity contribution in [2.45, 2.75) is 6.04 Å². The van der Waals surface area contributed by atoms with E-state index in [1.165, 1.54) is 17.2 Å². The molecule has 3 heterocycles. The van der Waals surface area contributed by atoms with Gasteiger partial charge in [-0.15, -0.1) is 0 Å². The quantitative estimate of drug-likeness (QED) is 0.894. The van der Waals surface area contributed by atoms with Crippen LogP contribution in [0, 0.1) is 0 Å². The minimum absolute atomic E-state index is 0.0366. The molecule has 0 radical (unpaired) electrons. The lowest BCUT2D eigenvalue weighted by Crippen LogP contribution is -2.52. The van der Waals surface area contributed by atoms with E-state index in [1.807, 2.05) is 0 Å². The number of amides is 1. The molecule has 2 aromatic rings. The lowest BCUT2D eigenvalue weighted by Gasteiger charge is -2.32. The predicted molar refractivity (Wildman–Crippen MR) is 67.5 cm³/mol. The van der Waals surface area contributed by atoms with E-state index in [0.29, 0.717) is 18.1 Å². The number of aliphatic carboxylic acids is 1. The molecule has 0 bridgehead atoms. The number of carboxylic acids is 1. The first-order valence-corrected chi connectivity index (χ1v) is 6.29. The van der Waals surface area contributed by atoms with Crippen LogP contribution in [0.25, 0.3) is 11.5 Å². The third-order valence-corrected chi connectivity index (χ3v) is 3.17. The van der Waals surface area contributed by atoms with E-state index in [1.54, 1.807) is 12.1 Å². The fraction of sp³-hybridized carbons (Fsp3) is 0.308. The molecule has 2 aromatic heterocycles. The number of aromatic nitrogens is 1. The van der Waals surface area contributed by atoms with E-state index in [9.17, 15) is 9.59 Å². The molecular weight excluding hydrogens is 280 g/mol. The standard InChI is InChI=1S/C13H12N2O6/c16-12(15-3-5-19-7-9(15)13(17)18)8-6-11(21-14-8)10-2-1-4-20-10/h1-2,4,6,9H,3,5,7H2,(H,17,18). The molecule has 8 heteroatoms. The third kappa shape index (κ3) is 2.52. The van der Waals surface area contributed by atoms with Crippen molar-refractivity contribution < 1.29 is 28.4 Å². The van der Waals surface area contributed by atoms with E-state index < -0.39 is 17.9 Å². The number of nitrogens with zero attached hydrogens (tertiary/aromatic N) is 2. The maximum atomic E-state index is 12.4. The van der Waals surface area contributed by atoms with Gasteiger partial charge in [0.1, 0.15) is 0 Å². The summed E-state index contributed by atoms with van der Waals surface area (Å²) in [5.41, 5.74) is 0.0366. The average molecular weight is 292 g/mol. The SMILES string of the molecule is O=C(O)C1COCCN1C(=O)c1cc(-c2ccco2)on1. The van der Waals surface area contributed by atoms with Crippen molar-refractivity contribution in [3.05, 3.63) is 30.2 Å². The number of hydrogen-bond acceptors (Lipinski definition) is 6. The van der Waals surface area contributed by atoms with Gasteiger partial charge < -0.3 is 23.7 Å². The van der Waals surface area contributed by atoms with Crippen LogP contribution < -0.4 is 0 Å². The highest BCUT2D eigenvalue weighted by molar-refractivity contribution is 5.95. The third-order valence-electron chi connectivity index (χ3n) is 3.17. The van der Waals surface area contributed by atoms with Gasteiger partial charge in [-0.2, -0.15) is 0 Å². The maximum Gasteiger partial charge on any atom is 0.328 e. The van der Waals surface area contributed by atoms with Crippen molar-refractivity contribution >= 4 is 11.9 Å². The molecule has 1 aliphatic heterocycles. The van der Waals surface area contributed by atoms with Gasteiger partial charge in [-0.1, -0.05) is 5.16 Å². The van der Waals surface area contributed by atoms with Crippen LogP contribution in [0.2, 0.25) is 0 Å². The Labute approximate surface area is 118 Å². The largest absolute Gasteiger partial charge is 0.480 e. The molecule has 0 saturated carbocycles. The lowest BCUT2D eigenvalue weighted by molar-refractivity contribution is -0.147. The molecule has 1 aliphatic rings. The Hall–Kier alpha value is -2.61. The Bertz CT molecular complexity index is 647. The highest BCUT2D eigenvalue weighted by Crippen LogP contribution is 2.22. The van der Waals surface area contributed by atoms with Crippen LogP contribution >= 0.6 is 0 Å². The fourth-order valence-corrected chi connectivity index (χ4v) is 2.11. The minimum atomic E-state index is -1.11. The molecule has 0 aromatic carbocycles. The molecule has 1 unspecified atom stereocenters. The second kappa shape index (κ2) is 5.41. The van der Waals surface area contributed by atoms with Crippen molar-refractivity contribution in [2.24, 2.45) is 0 Å². The molecule has 1 saturated heterocycles. The topological polar surface area (TPSA) is 106 Å². The van der Waals surface area contributed by atoms with E-state index >= 15 is 0 Å². The van der Waals surface area contributed by atoms with Crippen LogP contribution in [0.3, 0.4) is 0 Å². The average Bonchev–Trinajstić information content (AvgIpc) is 3.17. The first-order valence-electron chi connectivity index (χ1n) is 6.29.